The zero-order chi connectivity index (χ0) is 18.2. The Labute approximate surface area is 139 Å². The minimum Gasteiger partial charge on any atom is -0.285 e. The van der Waals surface area contributed by atoms with E-state index in [0.29, 0.717) is 0 Å². The maximum absolute atomic E-state index is 12.9. The summed E-state index contributed by atoms with van der Waals surface area (Å²) in [6.45, 7) is -0.387. The molecule has 1 N–H and O–H groups in total. The van der Waals surface area contributed by atoms with E-state index in [9.17, 15) is 26.0 Å². The van der Waals surface area contributed by atoms with E-state index in [1.165, 1.54) is 0 Å². The number of fused-ring (bicyclic) bond motifs is 1. The molecule has 11 heteroatoms. The van der Waals surface area contributed by atoms with Crippen molar-refractivity contribution in [3.8, 4) is 0 Å². The first-order valence-electron chi connectivity index (χ1n) is 6.83. The van der Waals surface area contributed by atoms with E-state index in [1.807, 2.05) is 0 Å². The molecule has 0 amide bonds. The summed E-state index contributed by atoms with van der Waals surface area (Å²) in [4.78, 5) is -0.182. The Morgan fingerprint density at radius 2 is 1.72 bits per heavy atom. The van der Waals surface area contributed by atoms with Crippen molar-refractivity contribution in [2.45, 2.75) is 17.6 Å². The quantitative estimate of drug-likeness (QED) is 0.712. The number of hydrogen-bond acceptors (Lipinski definition) is 4. The molecule has 132 valence electrons. The van der Waals surface area contributed by atoms with E-state index < -0.39 is 27.6 Å². The Balaban J connectivity index is 1.87. The standard InChI is InChI=1S/C14H10F4N4O2S/c15-10-2-4-11(5-3-10)25(23,24)19-7-13-21-20-12-6-1-9(8-22(12)13)14(16,17)18/h1-6,8,19H,7H2. The maximum atomic E-state index is 12.9. The molecule has 0 radical (unpaired) electrons. The Morgan fingerprint density at radius 3 is 2.36 bits per heavy atom. The Kier molecular flexibility index (Phi) is 4.21. The largest absolute Gasteiger partial charge is 0.417 e. The molecule has 0 aliphatic rings. The van der Waals surface area contributed by atoms with Crippen LogP contribution in [0.25, 0.3) is 5.65 Å². The van der Waals surface area contributed by atoms with E-state index >= 15 is 0 Å². The molecule has 3 rings (SSSR count). The number of hydrogen-bond donors (Lipinski definition) is 1. The summed E-state index contributed by atoms with van der Waals surface area (Å²) in [5.41, 5.74) is -0.772. The van der Waals surface area contributed by atoms with Gasteiger partial charge in [0.1, 0.15) is 5.82 Å². The summed E-state index contributed by atoms with van der Waals surface area (Å²) in [6.07, 6.45) is -3.76. The van der Waals surface area contributed by atoms with Crippen LogP contribution < -0.4 is 4.72 Å². The van der Waals surface area contributed by atoms with Gasteiger partial charge in [-0.25, -0.2) is 17.5 Å². The topological polar surface area (TPSA) is 76.4 Å². The Hall–Kier alpha value is -2.53. The van der Waals surface area contributed by atoms with E-state index in [4.69, 9.17) is 0 Å². The van der Waals surface area contributed by atoms with Crippen molar-refractivity contribution in [1.29, 1.82) is 0 Å². The fourth-order valence-corrected chi connectivity index (χ4v) is 3.06. The maximum Gasteiger partial charge on any atom is 0.417 e. The molecule has 0 saturated carbocycles. The summed E-state index contributed by atoms with van der Waals surface area (Å²) in [5, 5.41) is 7.38. The van der Waals surface area contributed by atoms with Crippen LogP contribution >= 0.6 is 0 Å². The molecule has 0 unspecified atom stereocenters. The van der Waals surface area contributed by atoms with Gasteiger partial charge >= 0.3 is 6.18 Å². The van der Waals surface area contributed by atoms with Gasteiger partial charge in [-0.2, -0.15) is 13.2 Å². The lowest BCUT2D eigenvalue weighted by atomic mass is 10.3. The number of aromatic nitrogens is 3. The third kappa shape index (κ3) is 3.61. The molecule has 0 saturated heterocycles. The summed E-state index contributed by atoms with van der Waals surface area (Å²) in [6, 6.07) is 6.10. The Morgan fingerprint density at radius 1 is 1.04 bits per heavy atom. The lowest BCUT2D eigenvalue weighted by Crippen LogP contribution is -2.24. The highest BCUT2D eigenvalue weighted by atomic mass is 32.2. The summed E-state index contributed by atoms with van der Waals surface area (Å²) in [7, 11) is -3.98. The molecular formula is C14H10F4N4O2S. The van der Waals surface area contributed by atoms with Crippen molar-refractivity contribution in [2.24, 2.45) is 0 Å². The highest BCUT2D eigenvalue weighted by Gasteiger charge is 2.31. The van der Waals surface area contributed by atoms with Gasteiger partial charge in [0.25, 0.3) is 0 Å². The van der Waals surface area contributed by atoms with Gasteiger partial charge < -0.3 is 0 Å². The highest BCUT2D eigenvalue weighted by molar-refractivity contribution is 7.89. The molecule has 0 fully saturated rings. The van der Waals surface area contributed by atoms with E-state index in [-0.39, 0.29) is 22.9 Å². The minimum absolute atomic E-state index is 0.0215. The minimum atomic E-state index is -4.55. The molecule has 25 heavy (non-hydrogen) atoms. The number of halogens is 4. The second-order valence-electron chi connectivity index (χ2n) is 5.04. The van der Waals surface area contributed by atoms with Gasteiger partial charge in [-0.05, 0) is 36.4 Å². The molecule has 3 aromatic rings. The lowest BCUT2D eigenvalue weighted by molar-refractivity contribution is -0.137. The summed E-state index contributed by atoms with van der Waals surface area (Å²) < 4.78 is 78.7. The molecular weight excluding hydrogens is 364 g/mol. The van der Waals surface area contributed by atoms with Gasteiger partial charge in [-0.1, -0.05) is 0 Å². The number of alkyl halides is 3. The van der Waals surface area contributed by atoms with Crippen LogP contribution in [0.5, 0.6) is 0 Å². The third-order valence-corrected chi connectivity index (χ3v) is 4.76. The van der Waals surface area contributed by atoms with Gasteiger partial charge in [0.05, 0.1) is 17.0 Å². The average Bonchev–Trinajstić information content (AvgIpc) is 2.95. The first kappa shape index (κ1) is 17.3. The SMILES string of the molecule is O=S(=O)(NCc1nnc2ccc(C(F)(F)F)cn12)c1ccc(F)cc1. The molecule has 0 atom stereocenters. The first-order valence-corrected chi connectivity index (χ1v) is 8.31. The van der Waals surface area contributed by atoms with E-state index in [2.05, 4.69) is 14.9 Å². The number of nitrogens with one attached hydrogen (secondary N) is 1. The van der Waals surface area contributed by atoms with Crippen LogP contribution in [-0.2, 0) is 22.7 Å². The predicted octanol–water partition coefficient (Wildman–Crippen LogP) is 2.37. The lowest BCUT2D eigenvalue weighted by Gasteiger charge is -2.08. The van der Waals surface area contributed by atoms with Crippen LogP contribution in [-0.4, -0.2) is 23.0 Å². The van der Waals surface area contributed by atoms with Crippen molar-refractivity contribution in [3.63, 3.8) is 0 Å². The first-order chi connectivity index (χ1) is 11.7. The van der Waals surface area contributed by atoms with E-state index in [1.54, 1.807) is 0 Å². The van der Waals surface area contributed by atoms with Crippen LogP contribution in [0.2, 0.25) is 0 Å². The van der Waals surface area contributed by atoms with Crippen LogP contribution in [0.15, 0.2) is 47.5 Å². The molecule has 0 spiro atoms. The second-order valence-corrected chi connectivity index (χ2v) is 6.81. The normalized spacial score (nSPS) is 12.6. The van der Waals surface area contributed by atoms with Gasteiger partial charge in [-0.15, -0.1) is 10.2 Å². The highest BCUT2D eigenvalue weighted by Crippen LogP contribution is 2.29. The second kappa shape index (κ2) is 6.08. The molecule has 2 heterocycles. The van der Waals surface area contributed by atoms with Gasteiger partial charge in [0, 0.05) is 6.20 Å². The van der Waals surface area contributed by atoms with E-state index in [0.717, 1.165) is 47.0 Å². The fourth-order valence-electron chi connectivity index (χ4n) is 2.08. The molecule has 6 nitrogen and oxygen atoms in total. The third-order valence-electron chi connectivity index (χ3n) is 3.34. The molecule has 1 aromatic carbocycles. The van der Waals surface area contributed by atoms with Crippen molar-refractivity contribution in [1.82, 2.24) is 19.3 Å². The Bertz CT molecular complexity index is 1010. The van der Waals surface area contributed by atoms with Gasteiger partial charge in [-0.3, -0.25) is 4.40 Å². The average molecular weight is 374 g/mol. The number of benzene rings is 1. The van der Waals surface area contributed by atoms with Crippen LogP contribution in [0, 0.1) is 5.82 Å². The molecule has 0 bridgehead atoms. The molecule has 0 aliphatic heterocycles. The summed E-state index contributed by atoms with van der Waals surface area (Å²) >= 11 is 0. The van der Waals surface area contributed by atoms with Crippen LogP contribution in [0.4, 0.5) is 17.6 Å². The smallest absolute Gasteiger partial charge is 0.285 e. The van der Waals surface area contributed by atoms with Crippen LogP contribution in [0.1, 0.15) is 11.4 Å². The fraction of sp³-hybridized carbons (Fsp3) is 0.143. The monoisotopic (exact) mass is 374 g/mol. The van der Waals surface area contributed by atoms with Gasteiger partial charge in [0.15, 0.2) is 11.5 Å². The number of sulfonamides is 1. The van der Waals surface area contributed by atoms with Crippen molar-refractivity contribution in [2.75, 3.05) is 0 Å². The van der Waals surface area contributed by atoms with Crippen molar-refractivity contribution < 1.29 is 26.0 Å². The predicted molar refractivity (Wildman–Crippen MR) is 78.4 cm³/mol. The number of nitrogens with zero attached hydrogens (tertiary/aromatic N) is 3. The number of rotatable bonds is 4. The molecule has 2 aromatic heterocycles. The van der Waals surface area contributed by atoms with Crippen LogP contribution in [0.3, 0.4) is 0 Å². The zero-order valence-corrected chi connectivity index (χ0v) is 13.1. The molecule has 0 aliphatic carbocycles. The van der Waals surface area contributed by atoms with Crippen molar-refractivity contribution in [3.05, 3.63) is 59.8 Å². The number of pyridine rings is 1. The zero-order valence-electron chi connectivity index (χ0n) is 12.3. The summed E-state index contributed by atoms with van der Waals surface area (Å²) in [5.74, 6) is -0.617. The van der Waals surface area contributed by atoms with Crippen molar-refractivity contribution >= 4 is 15.7 Å². The van der Waals surface area contributed by atoms with Gasteiger partial charge in [0.2, 0.25) is 10.0 Å².